The standard InChI is InChI=1S/C17H17NO5/c1-10-2-5-12(9-15(10)20)16(21)18-14(17(22)23)8-11-3-6-13(19)7-4-11/h2-7,9,14,19-20H,8H2,1H3,(H,18,21)(H,22,23). The van der Waals surface area contributed by atoms with Crippen LogP contribution in [0.15, 0.2) is 42.5 Å². The molecule has 0 saturated carbocycles. The van der Waals surface area contributed by atoms with Gasteiger partial charge in [-0.1, -0.05) is 18.2 Å². The number of carboxylic acid groups (broad SMARTS) is 1. The highest BCUT2D eigenvalue weighted by atomic mass is 16.4. The quantitative estimate of drug-likeness (QED) is 0.673. The van der Waals surface area contributed by atoms with Gasteiger partial charge in [0.05, 0.1) is 0 Å². The number of nitrogens with one attached hydrogen (secondary N) is 1. The maximum absolute atomic E-state index is 12.1. The summed E-state index contributed by atoms with van der Waals surface area (Å²) in [5.41, 5.74) is 1.48. The molecule has 4 N–H and O–H groups in total. The molecule has 0 aliphatic rings. The zero-order valence-electron chi connectivity index (χ0n) is 12.5. The highest BCUT2D eigenvalue weighted by Gasteiger charge is 2.21. The highest BCUT2D eigenvalue weighted by molar-refractivity contribution is 5.97. The van der Waals surface area contributed by atoms with Crippen LogP contribution in [0.5, 0.6) is 11.5 Å². The number of carbonyl (C=O) groups is 2. The Balaban J connectivity index is 2.12. The minimum atomic E-state index is -1.16. The molecular weight excluding hydrogens is 298 g/mol. The summed E-state index contributed by atoms with van der Waals surface area (Å²) in [6.07, 6.45) is 0.0825. The first kappa shape index (κ1) is 16.4. The second-order valence-electron chi connectivity index (χ2n) is 5.24. The fraction of sp³-hybridized carbons (Fsp3) is 0.176. The predicted molar refractivity (Wildman–Crippen MR) is 83.5 cm³/mol. The van der Waals surface area contributed by atoms with Crippen LogP contribution >= 0.6 is 0 Å². The van der Waals surface area contributed by atoms with E-state index in [9.17, 15) is 24.9 Å². The van der Waals surface area contributed by atoms with Gasteiger partial charge in [-0.25, -0.2) is 4.79 Å². The van der Waals surface area contributed by atoms with Crippen molar-refractivity contribution < 1.29 is 24.9 Å². The maximum atomic E-state index is 12.1. The van der Waals surface area contributed by atoms with Crippen molar-refractivity contribution in [2.75, 3.05) is 0 Å². The molecule has 2 aromatic rings. The summed E-state index contributed by atoms with van der Waals surface area (Å²) in [5.74, 6) is -1.68. The number of hydrogen-bond donors (Lipinski definition) is 4. The van der Waals surface area contributed by atoms with Crippen LogP contribution in [0.3, 0.4) is 0 Å². The Morgan fingerprint density at radius 1 is 1.09 bits per heavy atom. The van der Waals surface area contributed by atoms with Crippen LogP contribution in [0.25, 0.3) is 0 Å². The molecule has 0 saturated heterocycles. The van der Waals surface area contributed by atoms with Crippen LogP contribution in [0, 0.1) is 6.92 Å². The predicted octanol–water partition coefficient (Wildman–Crippen LogP) is 1.83. The summed E-state index contributed by atoms with van der Waals surface area (Å²) in [4.78, 5) is 23.5. The van der Waals surface area contributed by atoms with Gasteiger partial charge in [0.25, 0.3) is 5.91 Å². The lowest BCUT2D eigenvalue weighted by Gasteiger charge is -2.15. The molecule has 0 heterocycles. The summed E-state index contributed by atoms with van der Waals surface area (Å²) in [6.45, 7) is 1.70. The third-order valence-corrected chi connectivity index (χ3v) is 3.45. The Bertz CT molecular complexity index is 724. The Morgan fingerprint density at radius 3 is 2.30 bits per heavy atom. The average Bonchev–Trinajstić information content (AvgIpc) is 2.51. The molecule has 0 spiro atoms. The lowest BCUT2D eigenvalue weighted by atomic mass is 10.0. The van der Waals surface area contributed by atoms with Crippen molar-refractivity contribution in [3.8, 4) is 11.5 Å². The van der Waals surface area contributed by atoms with E-state index < -0.39 is 17.9 Å². The monoisotopic (exact) mass is 315 g/mol. The van der Waals surface area contributed by atoms with E-state index in [1.807, 2.05) is 0 Å². The van der Waals surface area contributed by atoms with Gasteiger partial charge in [-0.2, -0.15) is 0 Å². The van der Waals surface area contributed by atoms with E-state index in [1.165, 1.54) is 24.3 Å². The van der Waals surface area contributed by atoms with Crippen molar-refractivity contribution in [1.82, 2.24) is 5.32 Å². The van der Waals surface area contributed by atoms with E-state index >= 15 is 0 Å². The molecule has 0 radical (unpaired) electrons. The molecule has 0 fully saturated rings. The number of aryl methyl sites for hydroxylation is 1. The molecule has 1 atom stereocenters. The second-order valence-corrected chi connectivity index (χ2v) is 5.24. The van der Waals surface area contributed by atoms with Gasteiger partial charge in [-0.3, -0.25) is 4.79 Å². The van der Waals surface area contributed by atoms with Crippen molar-refractivity contribution >= 4 is 11.9 Å². The summed E-state index contributed by atoms with van der Waals surface area (Å²) in [7, 11) is 0. The molecule has 120 valence electrons. The minimum Gasteiger partial charge on any atom is -0.508 e. The van der Waals surface area contributed by atoms with Crippen molar-refractivity contribution in [3.63, 3.8) is 0 Å². The third kappa shape index (κ3) is 4.23. The van der Waals surface area contributed by atoms with E-state index in [1.54, 1.807) is 25.1 Å². The molecule has 0 bridgehead atoms. The Morgan fingerprint density at radius 2 is 1.74 bits per heavy atom. The Hall–Kier alpha value is -3.02. The number of aliphatic carboxylic acids is 1. The first-order valence-corrected chi connectivity index (χ1v) is 6.98. The number of aromatic hydroxyl groups is 2. The molecule has 6 nitrogen and oxygen atoms in total. The van der Waals surface area contributed by atoms with Gasteiger partial charge in [0, 0.05) is 12.0 Å². The number of carboxylic acids is 1. The number of phenols is 2. The van der Waals surface area contributed by atoms with Crippen LogP contribution in [0.2, 0.25) is 0 Å². The zero-order valence-corrected chi connectivity index (χ0v) is 12.5. The van der Waals surface area contributed by atoms with E-state index in [-0.39, 0.29) is 23.5 Å². The Kier molecular flexibility index (Phi) is 4.85. The molecule has 6 heteroatoms. The Labute approximate surface area is 133 Å². The van der Waals surface area contributed by atoms with Crippen LogP contribution in [-0.4, -0.2) is 33.2 Å². The minimum absolute atomic E-state index is 0.0249. The van der Waals surface area contributed by atoms with Gasteiger partial charge in [0.15, 0.2) is 0 Å². The van der Waals surface area contributed by atoms with Crippen molar-refractivity contribution in [2.45, 2.75) is 19.4 Å². The maximum Gasteiger partial charge on any atom is 0.326 e. The lowest BCUT2D eigenvalue weighted by Crippen LogP contribution is -2.42. The number of carbonyl (C=O) groups excluding carboxylic acids is 1. The van der Waals surface area contributed by atoms with Gasteiger partial charge in [-0.05, 0) is 42.3 Å². The molecule has 1 unspecified atom stereocenters. The molecule has 1 amide bonds. The molecule has 0 aliphatic heterocycles. The van der Waals surface area contributed by atoms with E-state index in [4.69, 9.17) is 0 Å². The summed E-state index contributed by atoms with van der Waals surface area (Å²) < 4.78 is 0. The number of amides is 1. The normalized spacial score (nSPS) is 11.7. The van der Waals surface area contributed by atoms with Crippen molar-refractivity contribution in [2.24, 2.45) is 0 Å². The lowest BCUT2D eigenvalue weighted by molar-refractivity contribution is -0.139. The summed E-state index contributed by atoms with van der Waals surface area (Å²) in [6, 6.07) is 9.37. The molecule has 23 heavy (non-hydrogen) atoms. The number of benzene rings is 2. The average molecular weight is 315 g/mol. The summed E-state index contributed by atoms with van der Waals surface area (Å²) in [5, 5.41) is 30.6. The first-order valence-electron chi connectivity index (χ1n) is 6.98. The third-order valence-electron chi connectivity index (χ3n) is 3.45. The summed E-state index contributed by atoms with van der Waals surface area (Å²) >= 11 is 0. The topological polar surface area (TPSA) is 107 Å². The first-order chi connectivity index (χ1) is 10.9. The smallest absolute Gasteiger partial charge is 0.326 e. The van der Waals surface area contributed by atoms with Crippen LogP contribution in [0.4, 0.5) is 0 Å². The molecule has 0 aromatic heterocycles. The van der Waals surface area contributed by atoms with Gasteiger partial charge in [0.1, 0.15) is 17.5 Å². The molecular formula is C17H17NO5. The second kappa shape index (κ2) is 6.83. The number of rotatable bonds is 5. The van der Waals surface area contributed by atoms with E-state index in [0.717, 1.165) is 0 Å². The van der Waals surface area contributed by atoms with Gasteiger partial charge in [-0.15, -0.1) is 0 Å². The molecule has 2 rings (SSSR count). The number of hydrogen-bond acceptors (Lipinski definition) is 4. The largest absolute Gasteiger partial charge is 0.508 e. The van der Waals surface area contributed by atoms with Crippen molar-refractivity contribution in [1.29, 1.82) is 0 Å². The SMILES string of the molecule is Cc1ccc(C(=O)NC(Cc2ccc(O)cc2)C(=O)O)cc1O. The fourth-order valence-corrected chi connectivity index (χ4v) is 2.06. The van der Waals surface area contributed by atoms with Crippen LogP contribution in [0.1, 0.15) is 21.5 Å². The molecule has 2 aromatic carbocycles. The van der Waals surface area contributed by atoms with Gasteiger partial charge < -0.3 is 20.6 Å². The van der Waals surface area contributed by atoms with Crippen molar-refractivity contribution in [3.05, 3.63) is 59.2 Å². The van der Waals surface area contributed by atoms with Crippen LogP contribution < -0.4 is 5.32 Å². The zero-order chi connectivity index (χ0) is 17.0. The van der Waals surface area contributed by atoms with E-state index in [2.05, 4.69) is 5.32 Å². The molecule has 0 aliphatic carbocycles. The van der Waals surface area contributed by atoms with Crippen LogP contribution in [-0.2, 0) is 11.2 Å². The fourth-order valence-electron chi connectivity index (χ4n) is 2.06. The number of phenolic OH excluding ortho intramolecular Hbond substituents is 2. The van der Waals surface area contributed by atoms with E-state index in [0.29, 0.717) is 11.1 Å². The highest BCUT2D eigenvalue weighted by Crippen LogP contribution is 2.17. The van der Waals surface area contributed by atoms with Gasteiger partial charge >= 0.3 is 5.97 Å². The van der Waals surface area contributed by atoms with Gasteiger partial charge in [0.2, 0.25) is 0 Å².